The molecule has 2 rings (SSSR count). The Balaban J connectivity index is 2.04. The molecule has 2 heteroatoms. The van der Waals surface area contributed by atoms with Gasteiger partial charge in [0.05, 0.1) is 6.10 Å². The van der Waals surface area contributed by atoms with Crippen molar-refractivity contribution in [1.29, 1.82) is 0 Å². The fraction of sp³-hybridized carbons (Fsp3) is 0.833. The van der Waals surface area contributed by atoms with Crippen LogP contribution in [0.1, 0.15) is 44.9 Å². The lowest BCUT2D eigenvalue weighted by molar-refractivity contribution is 0.0549. The quantitative estimate of drug-likeness (QED) is 0.630. The van der Waals surface area contributed by atoms with Crippen molar-refractivity contribution < 1.29 is 10.2 Å². The Hall–Kier alpha value is -0.340. The molecule has 0 saturated heterocycles. The predicted molar refractivity (Wildman–Crippen MR) is 55.9 cm³/mol. The summed E-state index contributed by atoms with van der Waals surface area (Å²) in [6.45, 7) is 0.143. The molecule has 2 N–H and O–H groups in total. The molecule has 0 aromatic carbocycles. The fourth-order valence-corrected chi connectivity index (χ4v) is 2.80. The smallest absolute Gasteiger partial charge is 0.0593 e. The van der Waals surface area contributed by atoms with Gasteiger partial charge in [-0.1, -0.05) is 11.1 Å². The minimum absolute atomic E-state index is 0.115. The highest BCUT2D eigenvalue weighted by Crippen LogP contribution is 2.36. The lowest BCUT2D eigenvalue weighted by atomic mass is 9.87. The van der Waals surface area contributed by atoms with Crippen LogP contribution in [0.2, 0.25) is 0 Å². The van der Waals surface area contributed by atoms with E-state index in [1.165, 1.54) is 19.3 Å². The van der Waals surface area contributed by atoms with Gasteiger partial charge in [0.25, 0.3) is 0 Å². The van der Waals surface area contributed by atoms with E-state index in [-0.39, 0.29) is 18.6 Å². The van der Waals surface area contributed by atoms with Crippen LogP contribution >= 0.6 is 0 Å². The highest BCUT2D eigenvalue weighted by atomic mass is 16.3. The summed E-state index contributed by atoms with van der Waals surface area (Å²) in [6, 6.07) is 0. The predicted octanol–water partition coefficient (Wildman–Crippen LogP) is 2.01. The maximum atomic E-state index is 9.81. The van der Waals surface area contributed by atoms with Crippen LogP contribution in [0.4, 0.5) is 0 Å². The van der Waals surface area contributed by atoms with E-state index in [4.69, 9.17) is 5.11 Å². The zero-order valence-electron chi connectivity index (χ0n) is 8.71. The van der Waals surface area contributed by atoms with E-state index < -0.39 is 0 Å². The summed E-state index contributed by atoms with van der Waals surface area (Å²) in [5, 5.41) is 19.0. The van der Waals surface area contributed by atoms with Crippen molar-refractivity contribution in [2.45, 2.75) is 51.0 Å². The van der Waals surface area contributed by atoms with E-state index in [9.17, 15) is 5.11 Å². The highest BCUT2D eigenvalue weighted by molar-refractivity contribution is 5.20. The second kappa shape index (κ2) is 4.45. The topological polar surface area (TPSA) is 40.5 Å². The van der Waals surface area contributed by atoms with Gasteiger partial charge in [-0.15, -0.1) is 0 Å². The van der Waals surface area contributed by atoms with E-state index >= 15 is 0 Å². The Kier molecular flexibility index (Phi) is 3.24. The van der Waals surface area contributed by atoms with Crippen LogP contribution in [-0.2, 0) is 0 Å². The first-order valence-corrected chi connectivity index (χ1v) is 5.80. The Morgan fingerprint density at radius 2 is 1.64 bits per heavy atom. The molecule has 0 heterocycles. The van der Waals surface area contributed by atoms with Crippen LogP contribution in [0.3, 0.4) is 0 Å². The van der Waals surface area contributed by atoms with Crippen molar-refractivity contribution in [3.8, 4) is 0 Å². The lowest BCUT2D eigenvalue weighted by Gasteiger charge is -2.24. The monoisotopic (exact) mass is 196 g/mol. The van der Waals surface area contributed by atoms with Gasteiger partial charge >= 0.3 is 0 Å². The van der Waals surface area contributed by atoms with Crippen molar-refractivity contribution >= 4 is 0 Å². The molecule has 0 radical (unpaired) electrons. The van der Waals surface area contributed by atoms with Gasteiger partial charge in [-0.3, -0.25) is 0 Å². The van der Waals surface area contributed by atoms with Crippen LogP contribution in [0.15, 0.2) is 11.1 Å². The standard InChI is InChI=1S/C12H20O2/c13-8-11-5-4-9-2-1-3-10(9)6-7-12(11)14/h11-14H,1-8H2/t11-,12+/m0/s1. The molecule has 0 bridgehead atoms. The van der Waals surface area contributed by atoms with Gasteiger partial charge in [-0.25, -0.2) is 0 Å². The molecule has 0 aliphatic heterocycles. The number of aliphatic hydroxyl groups excluding tert-OH is 2. The van der Waals surface area contributed by atoms with Crippen molar-refractivity contribution in [1.82, 2.24) is 0 Å². The first-order chi connectivity index (χ1) is 6.81. The SMILES string of the molecule is OC[C@@H]1CCC2=C(CCC2)CC[C@H]1O. The van der Waals surface area contributed by atoms with E-state index in [1.807, 2.05) is 0 Å². The molecule has 14 heavy (non-hydrogen) atoms. The first kappa shape index (κ1) is 10.2. The Labute approximate surface area is 85.6 Å². The van der Waals surface area contributed by atoms with Crippen molar-refractivity contribution in [3.63, 3.8) is 0 Å². The van der Waals surface area contributed by atoms with Gasteiger partial charge in [0.2, 0.25) is 0 Å². The molecule has 0 fully saturated rings. The molecular formula is C12H20O2. The fourth-order valence-electron chi connectivity index (χ4n) is 2.80. The minimum Gasteiger partial charge on any atom is -0.396 e. The maximum absolute atomic E-state index is 9.81. The van der Waals surface area contributed by atoms with Crippen molar-refractivity contribution in [3.05, 3.63) is 11.1 Å². The molecule has 0 amide bonds. The Bertz CT molecular complexity index is 232. The number of hydrogen-bond donors (Lipinski definition) is 2. The molecule has 2 aliphatic carbocycles. The van der Waals surface area contributed by atoms with Gasteiger partial charge < -0.3 is 10.2 Å². The molecule has 0 spiro atoms. The van der Waals surface area contributed by atoms with Gasteiger partial charge in [0, 0.05) is 12.5 Å². The summed E-state index contributed by atoms with van der Waals surface area (Å²) in [5.41, 5.74) is 3.25. The third kappa shape index (κ3) is 2.01. The van der Waals surface area contributed by atoms with Gasteiger partial charge in [-0.05, 0) is 44.9 Å². The molecule has 0 saturated carbocycles. The summed E-state index contributed by atoms with van der Waals surface area (Å²) in [7, 11) is 0. The minimum atomic E-state index is -0.283. The summed E-state index contributed by atoms with van der Waals surface area (Å²) in [6.07, 6.45) is 7.54. The summed E-state index contributed by atoms with van der Waals surface area (Å²) in [4.78, 5) is 0. The van der Waals surface area contributed by atoms with Crippen LogP contribution in [0, 0.1) is 5.92 Å². The summed E-state index contributed by atoms with van der Waals surface area (Å²) >= 11 is 0. The lowest BCUT2D eigenvalue weighted by Crippen LogP contribution is -2.25. The average Bonchev–Trinajstić information content (AvgIpc) is 2.60. The van der Waals surface area contributed by atoms with E-state index in [0.29, 0.717) is 0 Å². The largest absolute Gasteiger partial charge is 0.396 e. The molecule has 0 unspecified atom stereocenters. The number of allylic oxidation sites excluding steroid dienone is 2. The molecule has 80 valence electrons. The van der Waals surface area contributed by atoms with Crippen molar-refractivity contribution in [2.24, 2.45) is 5.92 Å². The molecule has 0 aromatic heterocycles. The first-order valence-electron chi connectivity index (χ1n) is 5.80. The van der Waals surface area contributed by atoms with Crippen LogP contribution < -0.4 is 0 Å². The van der Waals surface area contributed by atoms with Crippen LogP contribution in [-0.4, -0.2) is 22.9 Å². The van der Waals surface area contributed by atoms with Gasteiger partial charge in [0.1, 0.15) is 0 Å². The molecule has 2 aliphatic rings. The molecular weight excluding hydrogens is 176 g/mol. The normalized spacial score (nSPS) is 33.9. The van der Waals surface area contributed by atoms with Crippen molar-refractivity contribution in [2.75, 3.05) is 6.61 Å². The Morgan fingerprint density at radius 3 is 2.29 bits per heavy atom. The van der Waals surface area contributed by atoms with E-state index in [1.54, 1.807) is 11.1 Å². The summed E-state index contributed by atoms with van der Waals surface area (Å²) < 4.78 is 0. The molecule has 2 atom stereocenters. The molecule has 2 nitrogen and oxygen atoms in total. The summed E-state index contributed by atoms with van der Waals surface area (Å²) in [5.74, 6) is 0.115. The number of hydrogen-bond acceptors (Lipinski definition) is 2. The third-order valence-electron chi connectivity index (χ3n) is 3.79. The molecule has 0 aromatic rings. The second-order valence-electron chi connectivity index (χ2n) is 4.65. The average molecular weight is 196 g/mol. The van der Waals surface area contributed by atoms with Gasteiger partial charge in [0.15, 0.2) is 0 Å². The van der Waals surface area contributed by atoms with Gasteiger partial charge in [-0.2, -0.15) is 0 Å². The third-order valence-corrected chi connectivity index (χ3v) is 3.79. The zero-order chi connectivity index (χ0) is 9.97. The number of rotatable bonds is 1. The van der Waals surface area contributed by atoms with E-state index in [2.05, 4.69) is 0 Å². The van der Waals surface area contributed by atoms with Crippen LogP contribution in [0.25, 0.3) is 0 Å². The number of aliphatic hydroxyl groups is 2. The maximum Gasteiger partial charge on any atom is 0.0593 e. The highest BCUT2D eigenvalue weighted by Gasteiger charge is 2.24. The Morgan fingerprint density at radius 1 is 1.00 bits per heavy atom. The van der Waals surface area contributed by atoms with E-state index in [0.717, 1.165) is 25.7 Å². The second-order valence-corrected chi connectivity index (χ2v) is 4.65. The van der Waals surface area contributed by atoms with Crippen LogP contribution in [0.5, 0.6) is 0 Å². The zero-order valence-corrected chi connectivity index (χ0v) is 8.71.